The smallest absolute Gasteiger partial charge is 0.262 e. The first-order valence-corrected chi connectivity index (χ1v) is 12.0. The van der Waals surface area contributed by atoms with Gasteiger partial charge in [-0.15, -0.1) is 0 Å². The summed E-state index contributed by atoms with van der Waals surface area (Å²) >= 11 is 0. The molecule has 0 radical (unpaired) electrons. The van der Waals surface area contributed by atoms with E-state index in [9.17, 15) is 8.42 Å². The molecule has 1 fully saturated rings. The summed E-state index contributed by atoms with van der Waals surface area (Å²) in [6.07, 6.45) is 1.07. The highest BCUT2D eigenvalue weighted by molar-refractivity contribution is 7.93. The lowest BCUT2D eigenvalue weighted by atomic mass is 10.0. The zero-order chi connectivity index (χ0) is 21.1. The van der Waals surface area contributed by atoms with Gasteiger partial charge in [-0.2, -0.15) is 0 Å². The van der Waals surface area contributed by atoms with E-state index in [0.29, 0.717) is 16.5 Å². The molecule has 5 nitrogen and oxygen atoms in total. The normalized spacial score (nSPS) is 15.4. The van der Waals surface area contributed by atoms with E-state index >= 15 is 0 Å². The van der Waals surface area contributed by atoms with Crippen LogP contribution < -0.4 is 14.9 Å². The van der Waals surface area contributed by atoms with Gasteiger partial charge >= 0.3 is 0 Å². The van der Waals surface area contributed by atoms with Crippen molar-refractivity contribution in [2.45, 2.75) is 31.1 Å². The fourth-order valence-corrected chi connectivity index (χ4v) is 5.27. The summed E-state index contributed by atoms with van der Waals surface area (Å²) < 4.78 is 29.2. The van der Waals surface area contributed by atoms with Crippen molar-refractivity contribution in [1.29, 1.82) is 0 Å². The van der Waals surface area contributed by atoms with Crippen LogP contribution in [0.15, 0.2) is 65.6 Å². The first kappa shape index (κ1) is 20.7. The maximum absolute atomic E-state index is 13.2. The molecule has 0 unspecified atom stereocenters. The predicted octanol–water partition coefficient (Wildman–Crippen LogP) is 4.56. The zero-order valence-corrected chi connectivity index (χ0v) is 18.4. The third-order valence-electron chi connectivity index (χ3n) is 5.66. The maximum Gasteiger partial charge on any atom is 0.262 e. The van der Waals surface area contributed by atoms with Crippen molar-refractivity contribution in [3.63, 3.8) is 0 Å². The SMILES string of the molecule is CC(C)c1ccc(NS(=O)(=O)c2ccc(N3CCCNCC3)c3ccccc23)cc1. The van der Waals surface area contributed by atoms with Crippen LogP contribution in [0, 0.1) is 0 Å². The first-order chi connectivity index (χ1) is 14.5. The minimum Gasteiger partial charge on any atom is -0.370 e. The molecular formula is C24H29N3O2S. The van der Waals surface area contributed by atoms with E-state index in [0.717, 1.165) is 49.1 Å². The van der Waals surface area contributed by atoms with E-state index in [4.69, 9.17) is 0 Å². The van der Waals surface area contributed by atoms with Crippen molar-refractivity contribution in [3.8, 4) is 0 Å². The summed E-state index contributed by atoms with van der Waals surface area (Å²) in [5.41, 5.74) is 2.85. The van der Waals surface area contributed by atoms with Crippen LogP contribution >= 0.6 is 0 Å². The van der Waals surface area contributed by atoms with Gasteiger partial charge in [0.25, 0.3) is 10.0 Å². The number of anilines is 2. The average Bonchev–Trinajstić information content (AvgIpc) is 3.02. The molecule has 1 heterocycles. The Morgan fingerprint density at radius 1 is 0.900 bits per heavy atom. The first-order valence-electron chi connectivity index (χ1n) is 10.6. The van der Waals surface area contributed by atoms with Gasteiger partial charge in [-0.25, -0.2) is 8.42 Å². The average molecular weight is 424 g/mol. The van der Waals surface area contributed by atoms with Crippen molar-refractivity contribution in [1.82, 2.24) is 5.32 Å². The minimum absolute atomic E-state index is 0.308. The van der Waals surface area contributed by atoms with Crippen molar-refractivity contribution < 1.29 is 8.42 Å². The summed E-state index contributed by atoms with van der Waals surface area (Å²) in [4.78, 5) is 2.65. The van der Waals surface area contributed by atoms with E-state index in [1.54, 1.807) is 6.07 Å². The largest absolute Gasteiger partial charge is 0.370 e. The van der Waals surface area contributed by atoms with Gasteiger partial charge in [-0.05, 0) is 48.7 Å². The highest BCUT2D eigenvalue weighted by Crippen LogP contribution is 2.33. The molecule has 3 aromatic carbocycles. The topological polar surface area (TPSA) is 61.4 Å². The van der Waals surface area contributed by atoms with Gasteiger partial charge < -0.3 is 10.2 Å². The van der Waals surface area contributed by atoms with Crippen molar-refractivity contribution in [2.75, 3.05) is 35.8 Å². The van der Waals surface area contributed by atoms with Crippen LogP contribution in [0.25, 0.3) is 10.8 Å². The summed E-state index contributed by atoms with van der Waals surface area (Å²) in [7, 11) is -3.71. The molecule has 2 N–H and O–H groups in total. The second-order valence-corrected chi connectivity index (χ2v) is 9.75. The van der Waals surface area contributed by atoms with Gasteiger partial charge in [-0.1, -0.05) is 50.2 Å². The van der Waals surface area contributed by atoms with Gasteiger partial charge in [0.05, 0.1) is 4.90 Å². The highest BCUT2D eigenvalue weighted by Gasteiger charge is 2.21. The zero-order valence-electron chi connectivity index (χ0n) is 17.6. The Kier molecular flexibility index (Phi) is 5.97. The molecule has 0 aromatic heterocycles. The molecule has 0 aliphatic carbocycles. The number of nitrogens with one attached hydrogen (secondary N) is 2. The highest BCUT2D eigenvalue weighted by atomic mass is 32.2. The Balaban J connectivity index is 1.70. The Labute approximate surface area is 179 Å². The van der Waals surface area contributed by atoms with Gasteiger partial charge in [0.2, 0.25) is 0 Å². The minimum atomic E-state index is -3.71. The number of rotatable bonds is 5. The number of hydrogen-bond acceptors (Lipinski definition) is 4. The van der Waals surface area contributed by atoms with E-state index in [2.05, 4.69) is 28.8 Å². The van der Waals surface area contributed by atoms with Crippen LogP contribution in [0.1, 0.15) is 31.7 Å². The van der Waals surface area contributed by atoms with Crippen LogP contribution in [0.2, 0.25) is 0 Å². The Morgan fingerprint density at radius 3 is 2.37 bits per heavy atom. The summed E-state index contributed by atoms with van der Waals surface area (Å²) in [5, 5.41) is 5.14. The van der Waals surface area contributed by atoms with Crippen LogP contribution in [0.3, 0.4) is 0 Å². The van der Waals surface area contributed by atoms with Crippen molar-refractivity contribution >= 4 is 32.2 Å². The monoisotopic (exact) mass is 423 g/mol. The third kappa shape index (κ3) is 4.30. The Bertz CT molecular complexity index is 1120. The predicted molar refractivity (Wildman–Crippen MR) is 125 cm³/mol. The molecule has 0 amide bonds. The fourth-order valence-electron chi connectivity index (χ4n) is 4.00. The molecular weight excluding hydrogens is 394 g/mol. The fraction of sp³-hybridized carbons (Fsp3) is 0.333. The standard InChI is InChI=1S/C24H29N3O2S/c1-18(2)19-8-10-20(11-9-19)26-30(28,29)24-13-12-23(21-6-3-4-7-22(21)24)27-16-5-14-25-15-17-27/h3-4,6-13,18,25-26H,5,14-17H2,1-2H3. The molecule has 1 aliphatic heterocycles. The maximum atomic E-state index is 13.2. The van der Waals surface area contributed by atoms with E-state index in [1.807, 2.05) is 54.6 Å². The van der Waals surface area contributed by atoms with Crippen molar-refractivity contribution in [3.05, 3.63) is 66.2 Å². The second-order valence-electron chi connectivity index (χ2n) is 8.10. The third-order valence-corrected chi connectivity index (χ3v) is 7.10. The van der Waals surface area contributed by atoms with Crippen LogP contribution in [-0.4, -0.2) is 34.6 Å². The summed E-state index contributed by atoms with van der Waals surface area (Å²) in [6.45, 7) is 8.06. The van der Waals surface area contributed by atoms with E-state index in [-0.39, 0.29) is 0 Å². The lowest BCUT2D eigenvalue weighted by Crippen LogP contribution is -2.28. The quantitative estimate of drug-likeness (QED) is 0.631. The molecule has 1 aliphatic rings. The molecule has 0 spiro atoms. The molecule has 0 bridgehead atoms. The molecule has 4 rings (SSSR count). The van der Waals surface area contributed by atoms with Gasteiger partial charge in [-0.3, -0.25) is 4.72 Å². The Hall–Kier alpha value is -2.57. The molecule has 30 heavy (non-hydrogen) atoms. The lowest BCUT2D eigenvalue weighted by molar-refractivity contribution is 0.602. The molecule has 3 aromatic rings. The number of sulfonamides is 1. The van der Waals surface area contributed by atoms with Gasteiger partial charge in [0, 0.05) is 41.8 Å². The van der Waals surface area contributed by atoms with E-state index in [1.165, 1.54) is 5.56 Å². The number of fused-ring (bicyclic) bond motifs is 1. The van der Waals surface area contributed by atoms with Crippen LogP contribution in [0.5, 0.6) is 0 Å². The molecule has 6 heteroatoms. The number of hydrogen-bond donors (Lipinski definition) is 2. The van der Waals surface area contributed by atoms with Gasteiger partial charge in [0.15, 0.2) is 0 Å². The lowest BCUT2D eigenvalue weighted by Gasteiger charge is -2.25. The molecule has 1 saturated heterocycles. The number of nitrogens with zero attached hydrogens (tertiary/aromatic N) is 1. The molecule has 0 atom stereocenters. The Morgan fingerprint density at radius 2 is 1.63 bits per heavy atom. The van der Waals surface area contributed by atoms with Gasteiger partial charge in [0.1, 0.15) is 0 Å². The second kappa shape index (κ2) is 8.66. The molecule has 0 saturated carbocycles. The van der Waals surface area contributed by atoms with Crippen LogP contribution in [-0.2, 0) is 10.0 Å². The van der Waals surface area contributed by atoms with Crippen LogP contribution in [0.4, 0.5) is 11.4 Å². The summed E-state index contributed by atoms with van der Waals surface area (Å²) in [5.74, 6) is 0.404. The van der Waals surface area contributed by atoms with E-state index < -0.39 is 10.0 Å². The number of benzene rings is 3. The molecule has 158 valence electrons. The van der Waals surface area contributed by atoms with Crippen molar-refractivity contribution in [2.24, 2.45) is 0 Å². The summed E-state index contributed by atoms with van der Waals surface area (Å²) in [6, 6.07) is 19.0.